The molecule has 3 aromatic heterocycles. The van der Waals surface area contributed by atoms with Crippen molar-refractivity contribution in [2.45, 2.75) is 50.0 Å². The fraction of sp³-hybridized carbons (Fsp3) is 0.400. The van der Waals surface area contributed by atoms with E-state index in [1.807, 2.05) is 24.3 Å². The van der Waals surface area contributed by atoms with Crippen LogP contribution < -0.4 is 14.5 Å². The fourth-order valence-corrected chi connectivity index (χ4v) is 5.85. The van der Waals surface area contributed by atoms with Gasteiger partial charge in [0.05, 0.1) is 31.1 Å². The highest BCUT2D eigenvalue weighted by molar-refractivity contribution is 6.02. The standard InChI is InChI=1S/C30H30F2N8O2/c1-29(31,32)21-14-38(2)26(36-21)18-7-9-19(10-8-18)30(11-12-30)40-15-22(41)39(3)20-13-33-25(37-27(20)40)23-24(17-5-6-17)34-16-35-28(23)42-4/h7-10,13-14,16-17H,5-6,11-12,15H2,1-4H3. The SMILES string of the molecule is COc1ncnc(C2CC2)c1-c1ncc2c(n1)N(C1(c3ccc(-c4nc(C(C)(F)F)cn4C)cc3)CC1)CC(=O)N2C. The molecule has 0 unspecified atom stereocenters. The van der Waals surface area contributed by atoms with Crippen LogP contribution in [0.25, 0.3) is 22.8 Å². The first-order chi connectivity index (χ1) is 20.1. The molecule has 12 heteroatoms. The van der Waals surface area contributed by atoms with Crippen molar-refractivity contribution < 1.29 is 18.3 Å². The lowest BCUT2D eigenvalue weighted by Crippen LogP contribution is -2.49. The number of nitrogens with zero attached hydrogens (tertiary/aromatic N) is 8. The van der Waals surface area contributed by atoms with Crippen LogP contribution in [0.1, 0.15) is 55.5 Å². The Morgan fingerprint density at radius 2 is 1.79 bits per heavy atom. The summed E-state index contributed by atoms with van der Waals surface area (Å²) in [5.74, 6) is -0.739. The number of halogens is 2. The van der Waals surface area contributed by atoms with E-state index in [1.54, 1.807) is 36.9 Å². The van der Waals surface area contributed by atoms with E-state index in [-0.39, 0.29) is 18.1 Å². The summed E-state index contributed by atoms with van der Waals surface area (Å²) in [6, 6.07) is 7.77. The van der Waals surface area contributed by atoms with Crippen molar-refractivity contribution in [3.8, 4) is 28.7 Å². The van der Waals surface area contributed by atoms with Crippen LogP contribution in [0.4, 0.5) is 20.3 Å². The monoisotopic (exact) mass is 572 g/mol. The number of methoxy groups -OCH3 is 1. The predicted molar refractivity (Wildman–Crippen MR) is 151 cm³/mol. The molecule has 7 rings (SSSR count). The van der Waals surface area contributed by atoms with Crippen molar-refractivity contribution in [3.63, 3.8) is 0 Å². The largest absolute Gasteiger partial charge is 0.480 e. The lowest BCUT2D eigenvalue weighted by atomic mass is 9.99. The number of hydrogen-bond donors (Lipinski definition) is 0. The summed E-state index contributed by atoms with van der Waals surface area (Å²) >= 11 is 0. The summed E-state index contributed by atoms with van der Waals surface area (Å²) in [6.45, 7) is 1.00. The van der Waals surface area contributed by atoms with Crippen molar-refractivity contribution in [1.82, 2.24) is 29.5 Å². The molecule has 0 radical (unpaired) electrons. The zero-order valence-electron chi connectivity index (χ0n) is 23.8. The lowest BCUT2D eigenvalue weighted by Gasteiger charge is -2.40. The molecule has 0 saturated heterocycles. The summed E-state index contributed by atoms with van der Waals surface area (Å²) < 4.78 is 35.0. The molecule has 0 atom stereocenters. The second-order valence-corrected chi connectivity index (χ2v) is 11.4. The molecule has 216 valence electrons. The highest BCUT2D eigenvalue weighted by Crippen LogP contribution is 2.55. The van der Waals surface area contributed by atoms with E-state index in [2.05, 4.69) is 24.8 Å². The summed E-state index contributed by atoms with van der Waals surface area (Å²) in [7, 11) is 5.01. The number of ether oxygens (including phenoxy) is 1. The van der Waals surface area contributed by atoms with Crippen LogP contribution in [-0.4, -0.2) is 56.1 Å². The number of hydrogen-bond acceptors (Lipinski definition) is 8. The van der Waals surface area contributed by atoms with Gasteiger partial charge in [0.25, 0.3) is 5.92 Å². The minimum absolute atomic E-state index is 0.0536. The molecule has 10 nitrogen and oxygen atoms in total. The van der Waals surface area contributed by atoms with Gasteiger partial charge in [0.1, 0.15) is 29.1 Å². The topological polar surface area (TPSA) is 102 Å². The number of aryl methyl sites for hydroxylation is 1. The van der Waals surface area contributed by atoms with E-state index in [0.717, 1.165) is 49.4 Å². The Labute approximate surface area is 241 Å². The Morgan fingerprint density at radius 1 is 1.05 bits per heavy atom. The molecule has 2 aliphatic carbocycles. The number of anilines is 2. The lowest BCUT2D eigenvalue weighted by molar-refractivity contribution is -0.117. The Morgan fingerprint density at radius 3 is 2.40 bits per heavy atom. The van der Waals surface area contributed by atoms with Gasteiger partial charge in [0, 0.05) is 38.7 Å². The molecule has 1 aromatic carbocycles. The zero-order valence-corrected chi connectivity index (χ0v) is 23.8. The maximum absolute atomic E-state index is 13.9. The van der Waals surface area contributed by atoms with Crippen LogP contribution in [0, 0.1) is 0 Å². The molecular formula is C30H30F2N8O2. The first kappa shape index (κ1) is 26.4. The first-order valence-corrected chi connectivity index (χ1v) is 13.9. The van der Waals surface area contributed by atoms with Gasteiger partial charge in [0.15, 0.2) is 11.6 Å². The number of carbonyl (C=O) groups is 1. The zero-order chi connectivity index (χ0) is 29.4. The fourth-order valence-electron chi connectivity index (χ4n) is 5.85. The molecule has 2 saturated carbocycles. The molecule has 1 amide bonds. The van der Waals surface area contributed by atoms with Gasteiger partial charge in [-0.05, 0) is 31.2 Å². The molecule has 0 bridgehead atoms. The number of imidazole rings is 1. The number of benzene rings is 1. The molecule has 4 heterocycles. The third kappa shape index (κ3) is 4.19. The second kappa shape index (κ2) is 9.27. The molecule has 0 spiro atoms. The first-order valence-electron chi connectivity index (χ1n) is 13.9. The van der Waals surface area contributed by atoms with Gasteiger partial charge in [-0.3, -0.25) is 4.79 Å². The average molecular weight is 573 g/mol. The molecule has 2 fully saturated rings. The summed E-state index contributed by atoms with van der Waals surface area (Å²) in [6.07, 6.45) is 8.31. The maximum Gasteiger partial charge on any atom is 0.288 e. The van der Waals surface area contributed by atoms with Crippen LogP contribution in [0.2, 0.25) is 0 Å². The highest BCUT2D eigenvalue weighted by Gasteiger charge is 2.53. The predicted octanol–water partition coefficient (Wildman–Crippen LogP) is 4.80. The summed E-state index contributed by atoms with van der Waals surface area (Å²) in [5, 5.41) is 0. The number of likely N-dealkylation sites (N-methyl/N-ethyl adjacent to an activating group) is 1. The van der Waals surface area contributed by atoms with Crippen molar-refractivity contribution in [1.29, 1.82) is 0 Å². The Balaban J connectivity index is 1.28. The van der Waals surface area contributed by atoms with Crippen LogP contribution in [0.5, 0.6) is 5.88 Å². The Hall–Kier alpha value is -4.48. The highest BCUT2D eigenvalue weighted by atomic mass is 19.3. The number of aromatic nitrogens is 6. The van der Waals surface area contributed by atoms with Crippen molar-refractivity contribution in [2.24, 2.45) is 7.05 Å². The van der Waals surface area contributed by atoms with Gasteiger partial charge in [-0.25, -0.2) is 24.9 Å². The second-order valence-electron chi connectivity index (χ2n) is 11.4. The minimum atomic E-state index is -3.02. The minimum Gasteiger partial charge on any atom is -0.480 e. The van der Waals surface area contributed by atoms with Gasteiger partial charge in [-0.15, -0.1) is 0 Å². The summed E-state index contributed by atoms with van der Waals surface area (Å²) in [5.41, 5.74) is 3.24. The molecule has 42 heavy (non-hydrogen) atoms. The van der Waals surface area contributed by atoms with Crippen LogP contribution in [0.3, 0.4) is 0 Å². The van der Waals surface area contributed by atoms with E-state index in [0.29, 0.717) is 40.5 Å². The Kier molecular flexibility index (Phi) is 5.83. The molecule has 4 aromatic rings. The molecular weight excluding hydrogens is 542 g/mol. The quantitative estimate of drug-likeness (QED) is 0.311. The van der Waals surface area contributed by atoms with Crippen LogP contribution in [-0.2, 0) is 23.3 Å². The Bertz CT molecular complexity index is 1710. The maximum atomic E-state index is 13.9. The molecule has 3 aliphatic rings. The van der Waals surface area contributed by atoms with E-state index in [9.17, 15) is 13.6 Å². The number of rotatable bonds is 7. The third-order valence-corrected chi connectivity index (χ3v) is 8.50. The average Bonchev–Trinajstić information content (AvgIpc) is 3.92. The number of fused-ring (bicyclic) bond motifs is 1. The number of alkyl halides is 2. The third-order valence-electron chi connectivity index (χ3n) is 8.50. The number of carbonyl (C=O) groups excluding carboxylic acids is 1. The number of amides is 1. The smallest absolute Gasteiger partial charge is 0.288 e. The van der Waals surface area contributed by atoms with E-state index < -0.39 is 11.5 Å². The van der Waals surface area contributed by atoms with Gasteiger partial charge >= 0.3 is 0 Å². The summed E-state index contributed by atoms with van der Waals surface area (Å²) in [4.78, 5) is 39.6. The van der Waals surface area contributed by atoms with Crippen molar-refractivity contribution >= 4 is 17.4 Å². The van der Waals surface area contributed by atoms with Gasteiger partial charge in [-0.2, -0.15) is 8.78 Å². The van der Waals surface area contributed by atoms with Crippen LogP contribution >= 0.6 is 0 Å². The van der Waals surface area contributed by atoms with Crippen LogP contribution in [0.15, 0.2) is 43.0 Å². The van der Waals surface area contributed by atoms with E-state index >= 15 is 0 Å². The van der Waals surface area contributed by atoms with E-state index in [1.165, 1.54) is 12.5 Å². The van der Waals surface area contributed by atoms with Gasteiger partial charge in [-0.1, -0.05) is 24.3 Å². The van der Waals surface area contributed by atoms with E-state index in [4.69, 9.17) is 9.72 Å². The van der Waals surface area contributed by atoms with Gasteiger partial charge < -0.3 is 19.1 Å². The molecule has 0 N–H and O–H groups in total. The van der Waals surface area contributed by atoms with Crippen molar-refractivity contribution in [2.75, 3.05) is 30.5 Å². The van der Waals surface area contributed by atoms with Crippen molar-refractivity contribution in [3.05, 3.63) is 59.9 Å². The van der Waals surface area contributed by atoms with Gasteiger partial charge in [0.2, 0.25) is 11.8 Å². The normalized spacial score (nSPS) is 17.8. The molecule has 1 aliphatic heterocycles.